The minimum atomic E-state index is -0.115. The second-order valence-electron chi connectivity index (χ2n) is 9.39. The highest BCUT2D eigenvalue weighted by atomic mass is 16.5. The molecule has 1 atom stereocenters. The fourth-order valence-corrected chi connectivity index (χ4v) is 4.11. The van der Waals surface area contributed by atoms with E-state index in [0.717, 1.165) is 19.3 Å². The van der Waals surface area contributed by atoms with E-state index < -0.39 is 0 Å². The lowest BCUT2D eigenvalue weighted by atomic mass is 10.0. The van der Waals surface area contributed by atoms with E-state index >= 15 is 0 Å². The molecular formula is C27H54O3. The lowest BCUT2D eigenvalue weighted by Crippen LogP contribution is -2.02. The molecule has 0 spiro atoms. The number of carbonyl (C=O) groups is 1. The van der Waals surface area contributed by atoms with Gasteiger partial charge in [-0.2, -0.15) is 0 Å². The van der Waals surface area contributed by atoms with Gasteiger partial charge in [0.15, 0.2) is 0 Å². The highest BCUT2D eigenvalue weighted by molar-refractivity contribution is 5.78. The van der Waals surface area contributed by atoms with Gasteiger partial charge in [0.1, 0.15) is 5.78 Å². The van der Waals surface area contributed by atoms with Gasteiger partial charge in [0.05, 0.1) is 12.7 Å². The van der Waals surface area contributed by atoms with Crippen molar-refractivity contribution in [3.63, 3.8) is 0 Å². The van der Waals surface area contributed by atoms with Gasteiger partial charge >= 0.3 is 0 Å². The highest BCUT2D eigenvalue weighted by Crippen LogP contribution is 2.15. The first-order valence-electron chi connectivity index (χ1n) is 13.4. The summed E-state index contributed by atoms with van der Waals surface area (Å²) in [5.41, 5.74) is 0. The quantitative estimate of drug-likeness (QED) is 0.150. The van der Waals surface area contributed by atoms with E-state index in [2.05, 4.69) is 0 Å². The Kier molecular flexibility index (Phi) is 24.5. The average molecular weight is 427 g/mol. The molecule has 0 aromatic rings. The summed E-state index contributed by atoms with van der Waals surface area (Å²) >= 11 is 0. The topological polar surface area (TPSA) is 46.5 Å². The molecule has 0 heterocycles. The Hall–Kier alpha value is -0.410. The third kappa shape index (κ3) is 25.6. The predicted molar refractivity (Wildman–Crippen MR) is 130 cm³/mol. The standard InChI is InChI=1S/C27H54O3/c1-26(28)22-20-18-16-14-12-10-8-6-4-3-5-7-9-11-13-15-17-19-21-23-27(29)24-25-30-2/h26,28H,3-25H2,1-2H3. The van der Waals surface area contributed by atoms with Crippen molar-refractivity contribution in [3.05, 3.63) is 0 Å². The molecule has 0 bridgehead atoms. The Morgan fingerprint density at radius 2 is 0.933 bits per heavy atom. The van der Waals surface area contributed by atoms with Gasteiger partial charge in [-0.15, -0.1) is 0 Å². The van der Waals surface area contributed by atoms with E-state index in [9.17, 15) is 9.90 Å². The van der Waals surface area contributed by atoms with Crippen LogP contribution < -0.4 is 0 Å². The van der Waals surface area contributed by atoms with Crippen LogP contribution in [0.4, 0.5) is 0 Å². The number of methoxy groups -OCH3 is 1. The number of Topliss-reactive ketones (excluding diaryl/α,β-unsaturated/α-hetero) is 1. The van der Waals surface area contributed by atoms with Crippen LogP contribution in [-0.4, -0.2) is 30.7 Å². The fourth-order valence-electron chi connectivity index (χ4n) is 4.11. The molecule has 0 aliphatic heterocycles. The first-order chi connectivity index (χ1) is 14.7. The summed E-state index contributed by atoms with van der Waals surface area (Å²) < 4.78 is 4.94. The zero-order valence-corrected chi connectivity index (χ0v) is 20.6. The van der Waals surface area contributed by atoms with Crippen molar-refractivity contribution in [1.29, 1.82) is 0 Å². The van der Waals surface area contributed by atoms with Gasteiger partial charge < -0.3 is 9.84 Å². The van der Waals surface area contributed by atoms with E-state index in [1.807, 2.05) is 6.92 Å². The Balaban J connectivity index is 3.06. The molecule has 30 heavy (non-hydrogen) atoms. The largest absolute Gasteiger partial charge is 0.393 e. The van der Waals surface area contributed by atoms with E-state index in [1.54, 1.807) is 7.11 Å². The summed E-state index contributed by atoms with van der Waals surface area (Å²) in [7, 11) is 1.65. The van der Waals surface area contributed by atoms with Crippen LogP contribution in [0, 0.1) is 0 Å². The molecule has 0 rings (SSSR count). The second kappa shape index (κ2) is 24.9. The fraction of sp³-hybridized carbons (Fsp3) is 0.963. The van der Waals surface area contributed by atoms with Crippen LogP contribution in [0.15, 0.2) is 0 Å². The average Bonchev–Trinajstić information content (AvgIpc) is 2.73. The maximum absolute atomic E-state index is 11.5. The Bertz CT molecular complexity index is 341. The van der Waals surface area contributed by atoms with Crippen molar-refractivity contribution in [1.82, 2.24) is 0 Å². The van der Waals surface area contributed by atoms with Crippen molar-refractivity contribution < 1.29 is 14.6 Å². The van der Waals surface area contributed by atoms with Crippen molar-refractivity contribution in [3.8, 4) is 0 Å². The number of ether oxygens (including phenoxy) is 1. The van der Waals surface area contributed by atoms with Crippen molar-refractivity contribution >= 4 is 5.78 Å². The molecule has 0 aliphatic carbocycles. The summed E-state index contributed by atoms with van der Waals surface area (Å²) in [6.45, 7) is 2.47. The summed E-state index contributed by atoms with van der Waals surface area (Å²) in [5, 5.41) is 9.23. The first-order valence-corrected chi connectivity index (χ1v) is 13.4. The van der Waals surface area contributed by atoms with E-state index in [-0.39, 0.29) is 6.10 Å². The van der Waals surface area contributed by atoms with Crippen molar-refractivity contribution in [2.45, 2.75) is 154 Å². The summed E-state index contributed by atoms with van der Waals surface area (Å²) in [4.78, 5) is 11.5. The van der Waals surface area contributed by atoms with Crippen LogP contribution in [-0.2, 0) is 9.53 Å². The van der Waals surface area contributed by atoms with Crippen LogP contribution in [0.3, 0.4) is 0 Å². The normalized spacial score (nSPS) is 12.4. The predicted octanol–water partition coefficient (Wildman–Crippen LogP) is 8.16. The highest BCUT2D eigenvalue weighted by Gasteiger charge is 2.01. The number of aliphatic hydroxyl groups excluding tert-OH is 1. The van der Waals surface area contributed by atoms with Crippen LogP contribution >= 0.6 is 0 Å². The first kappa shape index (κ1) is 29.6. The number of aliphatic hydroxyl groups is 1. The van der Waals surface area contributed by atoms with Gasteiger partial charge in [0, 0.05) is 20.0 Å². The summed E-state index contributed by atoms with van der Waals surface area (Å²) in [6.07, 6.45) is 27.8. The molecule has 0 radical (unpaired) electrons. The van der Waals surface area contributed by atoms with Crippen molar-refractivity contribution in [2.24, 2.45) is 0 Å². The molecular weight excluding hydrogens is 372 g/mol. The van der Waals surface area contributed by atoms with Gasteiger partial charge in [-0.25, -0.2) is 0 Å². The van der Waals surface area contributed by atoms with Crippen LogP contribution in [0.5, 0.6) is 0 Å². The number of rotatable bonds is 25. The number of hydrogen-bond donors (Lipinski definition) is 1. The molecule has 0 aromatic heterocycles. The summed E-state index contributed by atoms with van der Waals surface area (Å²) in [5.74, 6) is 0.358. The maximum Gasteiger partial charge on any atom is 0.135 e. The molecule has 1 unspecified atom stereocenters. The molecule has 1 N–H and O–H groups in total. The number of carbonyl (C=O) groups excluding carboxylic acids is 1. The Morgan fingerprint density at radius 1 is 0.600 bits per heavy atom. The molecule has 0 fully saturated rings. The Morgan fingerprint density at radius 3 is 1.27 bits per heavy atom. The van der Waals surface area contributed by atoms with Gasteiger partial charge in [-0.1, -0.05) is 116 Å². The zero-order chi connectivity index (χ0) is 22.1. The number of unbranched alkanes of at least 4 members (excludes halogenated alkanes) is 18. The molecule has 0 aromatic carbocycles. The SMILES string of the molecule is COCCC(=O)CCCCCCCCCCCCCCCCCCCCCC(C)O. The second-order valence-corrected chi connectivity index (χ2v) is 9.39. The molecule has 0 amide bonds. The third-order valence-corrected chi connectivity index (χ3v) is 6.16. The lowest BCUT2D eigenvalue weighted by Gasteiger charge is -2.05. The monoisotopic (exact) mass is 426 g/mol. The van der Waals surface area contributed by atoms with Gasteiger partial charge in [-0.05, 0) is 19.8 Å². The lowest BCUT2D eigenvalue weighted by molar-refractivity contribution is -0.120. The van der Waals surface area contributed by atoms with E-state index in [1.165, 1.54) is 116 Å². The van der Waals surface area contributed by atoms with Gasteiger partial charge in [0.25, 0.3) is 0 Å². The van der Waals surface area contributed by atoms with E-state index in [0.29, 0.717) is 18.8 Å². The third-order valence-electron chi connectivity index (χ3n) is 6.16. The Labute approximate surface area is 188 Å². The minimum absolute atomic E-state index is 0.115. The smallest absolute Gasteiger partial charge is 0.135 e. The summed E-state index contributed by atoms with van der Waals surface area (Å²) in [6, 6.07) is 0. The van der Waals surface area contributed by atoms with Gasteiger partial charge in [0.2, 0.25) is 0 Å². The number of ketones is 1. The molecule has 0 saturated carbocycles. The zero-order valence-electron chi connectivity index (χ0n) is 20.6. The van der Waals surface area contributed by atoms with Crippen LogP contribution in [0.25, 0.3) is 0 Å². The van der Waals surface area contributed by atoms with Crippen molar-refractivity contribution in [2.75, 3.05) is 13.7 Å². The molecule has 3 heteroatoms. The minimum Gasteiger partial charge on any atom is -0.393 e. The number of hydrogen-bond acceptors (Lipinski definition) is 3. The molecule has 180 valence electrons. The van der Waals surface area contributed by atoms with Gasteiger partial charge in [-0.3, -0.25) is 4.79 Å². The van der Waals surface area contributed by atoms with Crippen LogP contribution in [0.2, 0.25) is 0 Å². The molecule has 0 saturated heterocycles. The molecule has 3 nitrogen and oxygen atoms in total. The maximum atomic E-state index is 11.5. The molecule has 0 aliphatic rings. The van der Waals surface area contributed by atoms with Crippen LogP contribution in [0.1, 0.15) is 148 Å². The van der Waals surface area contributed by atoms with E-state index in [4.69, 9.17) is 4.74 Å².